The van der Waals surface area contributed by atoms with Crippen LogP contribution in [0, 0.1) is 23.3 Å². The van der Waals surface area contributed by atoms with Crippen molar-refractivity contribution >= 4 is 51.4 Å². The topological polar surface area (TPSA) is 47.6 Å². The van der Waals surface area contributed by atoms with Gasteiger partial charge in [-0.3, -0.25) is 4.79 Å². The standard InChI is InChI=1S/C52H69NO3Si3/c1-11-12-17-26-41(55-58(50(2,3)4,42-27-18-13-19-28-42)43-29-20-14-21-30-43)35-36-46-47-39-49(54)53-52(47,37-38-57(8,9)10)40-48(46)56-59(51(5,6)7,44-31-22-15-23-32-44)45-33-24-16-25-34-45/h13-16,18-25,27-36,41,46-48H,11-12,17,26,39-40H2,1-10H3,(H,53,54). The number of fused-ring (bicyclic) bond motifs is 1. The molecule has 312 valence electrons. The Kier molecular flexibility index (Phi) is 13.7. The van der Waals surface area contributed by atoms with Crippen LogP contribution < -0.4 is 26.1 Å². The highest BCUT2D eigenvalue weighted by molar-refractivity contribution is 7.00. The number of hydrogen-bond donors (Lipinski definition) is 1. The number of carbonyl (C=O) groups is 1. The van der Waals surface area contributed by atoms with Crippen LogP contribution >= 0.6 is 0 Å². The molecule has 59 heavy (non-hydrogen) atoms. The zero-order valence-corrected chi connectivity index (χ0v) is 40.5. The van der Waals surface area contributed by atoms with Crippen LogP contribution in [0.15, 0.2) is 133 Å². The van der Waals surface area contributed by atoms with Gasteiger partial charge in [-0.1, -0.05) is 227 Å². The van der Waals surface area contributed by atoms with Gasteiger partial charge in [0.1, 0.15) is 13.6 Å². The van der Waals surface area contributed by atoms with Crippen molar-refractivity contribution in [2.45, 2.75) is 134 Å². The van der Waals surface area contributed by atoms with Crippen LogP contribution in [0.3, 0.4) is 0 Å². The maximum Gasteiger partial charge on any atom is 0.261 e. The molecule has 1 saturated carbocycles. The van der Waals surface area contributed by atoms with Gasteiger partial charge < -0.3 is 14.2 Å². The molecule has 4 nitrogen and oxygen atoms in total. The lowest BCUT2D eigenvalue weighted by Crippen LogP contribution is -2.68. The maximum absolute atomic E-state index is 13.6. The van der Waals surface area contributed by atoms with Gasteiger partial charge in [-0.15, -0.1) is 5.54 Å². The smallest absolute Gasteiger partial charge is 0.261 e. The molecule has 7 heteroatoms. The van der Waals surface area contributed by atoms with Crippen LogP contribution in [-0.4, -0.2) is 48.4 Å². The third-order valence-corrected chi connectivity index (χ3v) is 23.6. The summed E-state index contributed by atoms with van der Waals surface area (Å²) in [6.07, 6.45) is 9.86. The fraction of sp³-hybridized carbons (Fsp3) is 0.442. The van der Waals surface area contributed by atoms with Gasteiger partial charge in [0.25, 0.3) is 16.6 Å². The van der Waals surface area contributed by atoms with Crippen LogP contribution in [0.1, 0.15) is 87.0 Å². The molecule has 5 unspecified atom stereocenters. The molecule has 1 N–H and O–H groups in total. The third kappa shape index (κ3) is 9.43. The number of benzene rings is 4. The minimum Gasteiger partial charge on any atom is -0.404 e. The van der Waals surface area contributed by atoms with E-state index in [9.17, 15) is 4.79 Å². The van der Waals surface area contributed by atoms with Crippen molar-refractivity contribution in [2.75, 3.05) is 0 Å². The summed E-state index contributed by atoms with van der Waals surface area (Å²) in [5.74, 6) is 3.79. The summed E-state index contributed by atoms with van der Waals surface area (Å²) in [4.78, 5) is 13.6. The first-order chi connectivity index (χ1) is 28.0. The molecule has 4 aromatic carbocycles. The first-order valence-corrected chi connectivity index (χ1v) is 29.4. The van der Waals surface area contributed by atoms with E-state index in [0.717, 1.165) is 25.7 Å². The quantitative estimate of drug-likeness (QED) is 0.0596. The molecule has 0 radical (unpaired) electrons. The Bertz CT molecular complexity index is 2000. The molecule has 1 amide bonds. The molecule has 4 aromatic rings. The van der Waals surface area contributed by atoms with E-state index in [2.05, 4.69) is 218 Å². The summed E-state index contributed by atoms with van der Waals surface area (Å²) in [6.45, 7) is 23.3. The van der Waals surface area contributed by atoms with Crippen molar-refractivity contribution in [3.63, 3.8) is 0 Å². The van der Waals surface area contributed by atoms with Crippen LogP contribution in [0.2, 0.25) is 29.7 Å². The molecular formula is C52H69NO3Si3. The van der Waals surface area contributed by atoms with E-state index in [4.69, 9.17) is 8.85 Å². The molecule has 6 rings (SSSR count). The normalized spacial score (nSPS) is 21.8. The van der Waals surface area contributed by atoms with Crippen molar-refractivity contribution in [1.29, 1.82) is 0 Å². The minimum atomic E-state index is -2.96. The predicted octanol–water partition coefficient (Wildman–Crippen LogP) is 9.79. The Hall–Kier alpha value is -3.78. The van der Waals surface area contributed by atoms with Crippen LogP contribution in [-0.2, 0) is 13.6 Å². The molecule has 0 bridgehead atoms. The zero-order valence-electron chi connectivity index (χ0n) is 37.5. The van der Waals surface area contributed by atoms with Crippen molar-refractivity contribution < 1.29 is 13.6 Å². The first kappa shape index (κ1) is 44.8. The number of hydrogen-bond acceptors (Lipinski definition) is 3. The van der Waals surface area contributed by atoms with Crippen molar-refractivity contribution in [2.24, 2.45) is 11.8 Å². The summed E-state index contributed by atoms with van der Waals surface area (Å²) in [5, 5.41) is 8.22. The fourth-order valence-electron chi connectivity index (χ4n) is 9.88. The molecule has 0 aromatic heterocycles. The highest BCUT2D eigenvalue weighted by Crippen LogP contribution is 2.51. The molecule has 1 aliphatic carbocycles. The highest BCUT2D eigenvalue weighted by atomic mass is 28.4. The van der Waals surface area contributed by atoms with Crippen molar-refractivity contribution in [3.8, 4) is 11.5 Å². The van der Waals surface area contributed by atoms with Gasteiger partial charge in [-0.25, -0.2) is 0 Å². The lowest BCUT2D eigenvalue weighted by Gasteiger charge is -2.46. The van der Waals surface area contributed by atoms with Crippen molar-refractivity contribution in [1.82, 2.24) is 5.32 Å². The molecular weight excluding hydrogens is 771 g/mol. The summed E-state index contributed by atoms with van der Waals surface area (Å²) < 4.78 is 15.9. The molecule has 2 aliphatic rings. The second-order valence-electron chi connectivity index (χ2n) is 20.1. The van der Waals surface area contributed by atoms with E-state index in [1.165, 1.54) is 20.7 Å². The van der Waals surface area contributed by atoms with E-state index in [1.54, 1.807) is 0 Å². The Morgan fingerprint density at radius 1 is 0.729 bits per heavy atom. The number of amides is 1. The second kappa shape index (κ2) is 18.1. The Labute approximate surface area is 359 Å². The first-order valence-electron chi connectivity index (χ1n) is 22.1. The molecule has 1 heterocycles. The summed E-state index contributed by atoms with van der Waals surface area (Å²) in [6, 6.07) is 43.9. The number of nitrogens with one attached hydrogen (secondary N) is 1. The third-order valence-electron chi connectivity index (χ3n) is 12.6. The largest absolute Gasteiger partial charge is 0.404 e. The minimum absolute atomic E-state index is 0.0255. The van der Waals surface area contributed by atoms with Gasteiger partial charge in [-0.05, 0) is 37.2 Å². The predicted molar refractivity (Wildman–Crippen MR) is 256 cm³/mol. The number of unbranched alkanes of at least 4 members (excludes halogenated alkanes) is 2. The van der Waals surface area contributed by atoms with E-state index < -0.39 is 30.2 Å². The second-order valence-corrected chi connectivity index (χ2v) is 33.4. The lowest BCUT2D eigenvalue weighted by molar-refractivity contribution is -0.120. The van der Waals surface area contributed by atoms with E-state index >= 15 is 0 Å². The summed E-state index contributed by atoms with van der Waals surface area (Å²) in [5.41, 5.74) is 3.06. The summed E-state index contributed by atoms with van der Waals surface area (Å²) >= 11 is 0. The van der Waals surface area contributed by atoms with Gasteiger partial charge in [-0.2, -0.15) is 0 Å². The monoisotopic (exact) mass is 839 g/mol. The van der Waals surface area contributed by atoms with Gasteiger partial charge >= 0.3 is 0 Å². The maximum atomic E-state index is 13.6. The lowest BCUT2D eigenvalue weighted by atomic mass is 9.84. The molecule has 2 fully saturated rings. The average molecular weight is 840 g/mol. The molecule has 0 spiro atoms. The van der Waals surface area contributed by atoms with E-state index in [1.807, 2.05) is 0 Å². The summed E-state index contributed by atoms with van der Waals surface area (Å²) in [7, 11) is -7.60. The van der Waals surface area contributed by atoms with Crippen molar-refractivity contribution in [3.05, 3.63) is 133 Å². The Morgan fingerprint density at radius 2 is 1.19 bits per heavy atom. The van der Waals surface area contributed by atoms with Gasteiger partial charge in [0, 0.05) is 24.7 Å². The average Bonchev–Trinajstić information content (AvgIpc) is 3.67. The molecule has 1 saturated heterocycles. The number of carbonyl (C=O) groups excluding carboxylic acids is 1. The number of rotatable bonds is 14. The van der Waals surface area contributed by atoms with E-state index in [-0.39, 0.29) is 40.0 Å². The van der Waals surface area contributed by atoms with Gasteiger partial charge in [0.2, 0.25) is 5.91 Å². The Balaban J connectivity index is 1.52. The van der Waals surface area contributed by atoms with Crippen LogP contribution in [0.25, 0.3) is 0 Å². The van der Waals surface area contributed by atoms with Gasteiger partial charge in [0.05, 0.1) is 12.2 Å². The SMILES string of the molecule is CCCCCC(C=CC1C(O[Si](c2ccccc2)(c2ccccc2)C(C)(C)C)CC2(C#C[Si](C)(C)C)NC(=O)CC12)O[Si](c1ccccc1)(c1ccccc1)C(C)(C)C. The van der Waals surface area contributed by atoms with E-state index in [0.29, 0.717) is 12.8 Å². The van der Waals surface area contributed by atoms with Gasteiger partial charge in [0.15, 0.2) is 0 Å². The zero-order chi connectivity index (χ0) is 42.5. The Morgan fingerprint density at radius 3 is 1.61 bits per heavy atom. The molecule has 1 aliphatic heterocycles. The fourth-order valence-corrected chi connectivity index (χ4v) is 19.9. The molecule has 5 atom stereocenters. The highest BCUT2D eigenvalue weighted by Gasteiger charge is 2.61. The van der Waals surface area contributed by atoms with Crippen LogP contribution in [0.4, 0.5) is 0 Å². The van der Waals surface area contributed by atoms with Crippen LogP contribution in [0.5, 0.6) is 0 Å².